The number of H-pyrrole nitrogens is 2. The molecule has 0 spiro atoms. The van der Waals surface area contributed by atoms with Crippen molar-refractivity contribution in [2.45, 2.75) is 0 Å². The number of aromatic nitrogens is 8. The van der Waals surface area contributed by atoms with Crippen LogP contribution in [0.2, 0.25) is 0 Å². The molecular formula is C10H10N10Na. The maximum Gasteiger partial charge on any atom is 0.182 e. The number of nitrogens with zero attached hydrogens (tertiary/aromatic N) is 6. The van der Waals surface area contributed by atoms with E-state index in [4.69, 9.17) is 11.5 Å². The molecule has 0 aromatic carbocycles. The van der Waals surface area contributed by atoms with Gasteiger partial charge in [-0.05, 0) is 0 Å². The van der Waals surface area contributed by atoms with E-state index < -0.39 is 0 Å². The van der Waals surface area contributed by atoms with Crippen molar-refractivity contribution >= 4 is 63.5 Å². The van der Waals surface area contributed by atoms with E-state index in [0.717, 1.165) is 0 Å². The molecule has 11 heteroatoms. The number of imidazole rings is 2. The maximum absolute atomic E-state index is 5.48. The van der Waals surface area contributed by atoms with Crippen LogP contribution in [0.3, 0.4) is 0 Å². The maximum atomic E-state index is 5.48. The number of aromatic amines is 2. The minimum absolute atomic E-state index is 0. The number of hydrogen-bond acceptors (Lipinski definition) is 8. The van der Waals surface area contributed by atoms with Crippen molar-refractivity contribution in [1.82, 2.24) is 39.9 Å². The third-order valence-corrected chi connectivity index (χ3v) is 2.50. The SMILES string of the molecule is Nc1ncnc2nc[nH]c12.Nc1ncnc2nc[nH]c12.[Na]. The van der Waals surface area contributed by atoms with Crippen LogP contribution in [0.15, 0.2) is 25.3 Å². The summed E-state index contributed by atoms with van der Waals surface area (Å²) in [4.78, 5) is 28.7. The number of hydrogen-bond donors (Lipinski definition) is 4. The van der Waals surface area contributed by atoms with Crippen molar-refractivity contribution in [3.8, 4) is 0 Å². The van der Waals surface area contributed by atoms with Crippen LogP contribution in [0.4, 0.5) is 11.6 Å². The molecule has 0 amide bonds. The summed E-state index contributed by atoms with van der Waals surface area (Å²) in [5.41, 5.74) is 13.6. The van der Waals surface area contributed by atoms with Gasteiger partial charge in [-0.25, -0.2) is 29.9 Å². The van der Waals surface area contributed by atoms with Crippen molar-refractivity contribution in [3.63, 3.8) is 0 Å². The predicted molar refractivity (Wildman–Crippen MR) is 77.9 cm³/mol. The molecule has 0 aliphatic carbocycles. The zero-order valence-corrected chi connectivity index (χ0v) is 13.1. The fourth-order valence-corrected chi connectivity index (χ4v) is 1.57. The van der Waals surface area contributed by atoms with Gasteiger partial charge in [0.15, 0.2) is 22.9 Å². The van der Waals surface area contributed by atoms with Crippen LogP contribution in [-0.4, -0.2) is 69.4 Å². The number of nitrogens with one attached hydrogen (secondary N) is 2. The minimum Gasteiger partial charge on any atom is -0.382 e. The molecule has 1 radical (unpaired) electrons. The third-order valence-electron chi connectivity index (χ3n) is 2.50. The molecule has 0 bridgehead atoms. The third kappa shape index (κ3) is 3.07. The van der Waals surface area contributed by atoms with Gasteiger partial charge < -0.3 is 21.4 Å². The van der Waals surface area contributed by atoms with E-state index in [1.807, 2.05) is 0 Å². The molecule has 10 nitrogen and oxygen atoms in total. The van der Waals surface area contributed by atoms with Gasteiger partial charge in [0.05, 0.1) is 12.7 Å². The largest absolute Gasteiger partial charge is 0.382 e. The Morgan fingerprint density at radius 2 is 1.10 bits per heavy atom. The van der Waals surface area contributed by atoms with Crippen LogP contribution in [0.1, 0.15) is 0 Å². The number of nitrogens with two attached hydrogens (primary N) is 2. The number of fused-ring (bicyclic) bond motifs is 2. The molecule has 0 atom stereocenters. The Morgan fingerprint density at radius 3 is 1.48 bits per heavy atom. The smallest absolute Gasteiger partial charge is 0.182 e. The van der Waals surface area contributed by atoms with E-state index >= 15 is 0 Å². The molecule has 21 heavy (non-hydrogen) atoms. The summed E-state index contributed by atoms with van der Waals surface area (Å²) in [5.74, 6) is 0.866. The zero-order chi connectivity index (χ0) is 13.9. The zero-order valence-electron chi connectivity index (χ0n) is 11.1. The monoisotopic (exact) mass is 293 g/mol. The summed E-state index contributed by atoms with van der Waals surface area (Å²) < 4.78 is 0. The molecule has 4 aromatic rings. The van der Waals surface area contributed by atoms with E-state index in [-0.39, 0.29) is 29.6 Å². The Morgan fingerprint density at radius 1 is 0.667 bits per heavy atom. The summed E-state index contributed by atoms with van der Waals surface area (Å²) >= 11 is 0. The molecule has 0 fully saturated rings. The van der Waals surface area contributed by atoms with Crippen molar-refractivity contribution in [1.29, 1.82) is 0 Å². The summed E-state index contributed by atoms with van der Waals surface area (Å²) in [6.45, 7) is 0. The van der Waals surface area contributed by atoms with E-state index in [1.165, 1.54) is 25.3 Å². The Balaban J connectivity index is 0.000000147. The van der Waals surface area contributed by atoms with Gasteiger partial charge in [-0.2, -0.15) is 0 Å². The molecule has 101 valence electrons. The topological polar surface area (TPSA) is 161 Å². The van der Waals surface area contributed by atoms with Crippen molar-refractivity contribution in [2.24, 2.45) is 0 Å². The standard InChI is InChI=1S/2C5H5N5.Na/c2*6-4-3-5(9-1-7-3)10-2-8-4;/h2*1-2H,(H3,6,7,8,9,10);. The number of anilines is 2. The van der Waals surface area contributed by atoms with Gasteiger partial charge >= 0.3 is 0 Å². The summed E-state index contributed by atoms with van der Waals surface area (Å²) in [6, 6.07) is 0. The molecule has 0 saturated carbocycles. The molecule has 0 unspecified atom stereocenters. The summed E-state index contributed by atoms with van der Waals surface area (Å²) in [5, 5.41) is 0. The van der Waals surface area contributed by atoms with Gasteiger partial charge in [-0.3, -0.25) is 0 Å². The Hall–Kier alpha value is -2.30. The second-order valence-corrected chi connectivity index (χ2v) is 3.72. The molecule has 4 heterocycles. The minimum atomic E-state index is 0. The van der Waals surface area contributed by atoms with Gasteiger partial charge in [0, 0.05) is 29.6 Å². The van der Waals surface area contributed by atoms with Crippen LogP contribution < -0.4 is 11.5 Å². The second kappa shape index (κ2) is 6.43. The molecule has 0 saturated heterocycles. The first-order chi connectivity index (χ1) is 9.75. The quantitative estimate of drug-likeness (QED) is 0.315. The van der Waals surface area contributed by atoms with E-state index in [9.17, 15) is 0 Å². The molecule has 4 aromatic heterocycles. The van der Waals surface area contributed by atoms with Crippen molar-refractivity contribution in [2.75, 3.05) is 11.5 Å². The van der Waals surface area contributed by atoms with Crippen molar-refractivity contribution in [3.05, 3.63) is 25.3 Å². The van der Waals surface area contributed by atoms with Gasteiger partial charge in [0.25, 0.3) is 0 Å². The second-order valence-electron chi connectivity index (χ2n) is 3.72. The van der Waals surface area contributed by atoms with Gasteiger partial charge in [0.1, 0.15) is 23.7 Å². The number of nitrogen functional groups attached to an aromatic ring is 2. The summed E-state index contributed by atoms with van der Waals surface area (Å²) in [7, 11) is 0. The average Bonchev–Trinajstić information content (AvgIpc) is 3.08. The van der Waals surface area contributed by atoms with Gasteiger partial charge in [-0.1, -0.05) is 0 Å². The van der Waals surface area contributed by atoms with Crippen molar-refractivity contribution < 1.29 is 0 Å². The Bertz CT molecular complexity index is 781. The molecule has 6 N–H and O–H groups in total. The van der Waals surface area contributed by atoms with Crippen LogP contribution in [0.25, 0.3) is 22.3 Å². The Labute approximate surface area is 140 Å². The number of rotatable bonds is 0. The van der Waals surface area contributed by atoms with E-state index in [2.05, 4.69) is 39.9 Å². The first-order valence-corrected chi connectivity index (χ1v) is 5.55. The molecule has 4 rings (SSSR count). The fraction of sp³-hybridized carbons (Fsp3) is 0. The fourth-order valence-electron chi connectivity index (χ4n) is 1.57. The van der Waals surface area contributed by atoms with E-state index in [0.29, 0.717) is 34.0 Å². The van der Waals surface area contributed by atoms with Crippen LogP contribution >= 0.6 is 0 Å². The van der Waals surface area contributed by atoms with Gasteiger partial charge in [-0.15, -0.1) is 0 Å². The summed E-state index contributed by atoms with van der Waals surface area (Å²) in [6.07, 6.45) is 5.85. The van der Waals surface area contributed by atoms with Gasteiger partial charge in [0.2, 0.25) is 0 Å². The molecule has 0 aliphatic heterocycles. The first kappa shape index (κ1) is 15.1. The van der Waals surface area contributed by atoms with Crippen LogP contribution in [-0.2, 0) is 0 Å². The van der Waals surface area contributed by atoms with E-state index in [1.54, 1.807) is 0 Å². The molecule has 0 aliphatic rings. The van der Waals surface area contributed by atoms with Crippen LogP contribution in [0.5, 0.6) is 0 Å². The predicted octanol–water partition coefficient (Wildman–Crippen LogP) is -0.511. The van der Waals surface area contributed by atoms with Crippen LogP contribution in [0, 0.1) is 0 Å². The average molecular weight is 293 g/mol. The Kier molecular flexibility index (Phi) is 4.62. The molecular weight excluding hydrogens is 283 g/mol. The first-order valence-electron chi connectivity index (χ1n) is 5.55. The normalized spacial score (nSPS) is 9.90.